The quantitative estimate of drug-likeness (QED) is 0.591. The molecule has 3 rings (SSSR count). The molecule has 3 heterocycles. The molecule has 0 fully saturated rings. The first-order chi connectivity index (χ1) is 7.33. The number of aromatic nitrogens is 6. The van der Waals surface area contributed by atoms with Gasteiger partial charge in [0.25, 0.3) is 0 Å². The van der Waals surface area contributed by atoms with Crippen molar-refractivity contribution in [2.45, 2.75) is 0 Å². The van der Waals surface area contributed by atoms with Gasteiger partial charge in [-0.1, -0.05) is 0 Å². The summed E-state index contributed by atoms with van der Waals surface area (Å²) in [4.78, 5) is 11.6. The molecule has 0 unspecified atom stereocenters. The topological polar surface area (TPSA) is 72.3 Å². The van der Waals surface area contributed by atoms with Gasteiger partial charge in [-0.3, -0.25) is 0 Å². The molecule has 0 radical (unpaired) electrons. The number of H-pyrrole nitrogens is 1. The predicted molar refractivity (Wildman–Crippen MR) is 48.8 cm³/mol. The lowest BCUT2D eigenvalue weighted by Gasteiger charge is -1.96. The van der Waals surface area contributed by atoms with Crippen LogP contribution in [0.5, 0.6) is 0 Å². The number of hydrogen-bond donors (Lipinski definition) is 1. The second kappa shape index (κ2) is 2.84. The average Bonchev–Trinajstić information content (AvgIpc) is 2.78. The Balaban J connectivity index is 2.13. The van der Waals surface area contributed by atoms with Gasteiger partial charge in [0, 0.05) is 0 Å². The summed E-state index contributed by atoms with van der Waals surface area (Å²) in [6.45, 7) is 0. The number of halogens is 1. The summed E-state index contributed by atoms with van der Waals surface area (Å²) in [6.07, 6.45) is 2.87. The van der Waals surface area contributed by atoms with Crippen LogP contribution in [0.3, 0.4) is 0 Å². The minimum absolute atomic E-state index is 0.513. The van der Waals surface area contributed by atoms with E-state index < -0.39 is 5.95 Å². The van der Waals surface area contributed by atoms with Crippen molar-refractivity contribution in [2.24, 2.45) is 0 Å². The fourth-order valence-corrected chi connectivity index (χ4v) is 1.24. The maximum Gasteiger partial charge on any atom is 0.220 e. The van der Waals surface area contributed by atoms with Crippen LogP contribution in [0.25, 0.3) is 17.0 Å². The highest BCUT2D eigenvalue weighted by atomic mass is 19.1. The summed E-state index contributed by atoms with van der Waals surface area (Å²) < 4.78 is 12.6. The number of rotatable bonds is 1. The second-order valence-electron chi connectivity index (χ2n) is 2.90. The van der Waals surface area contributed by atoms with Crippen LogP contribution >= 0.6 is 0 Å². The highest BCUT2D eigenvalue weighted by Crippen LogP contribution is 2.07. The number of aromatic amines is 1. The van der Waals surface area contributed by atoms with E-state index in [1.165, 1.54) is 23.4 Å². The van der Waals surface area contributed by atoms with E-state index in [0.717, 1.165) is 0 Å². The van der Waals surface area contributed by atoms with E-state index in [2.05, 4.69) is 25.1 Å². The van der Waals surface area contributed by atoms with E-state index in [4.69, 9.17) is 0 Å². The van der Waals surface area contributed by atoms with Gasteiger partial charge in [-0.25, -0.2) is 9.97 Å². The third-order valence-corrected chi connectivity index (χ3v) is 1.93. The van der Waals surface area contributed by atoms with Crippen LogP contribution < -0.4 is 0 Å². The number of imidazole rings is 1. The molecule has 3 aromatic rings. The Morgan fingerprint density at radius 1 is 1.20 bits per heavy atom. The van der Waals surface area contributed by atoms with Gasteiger partial charge >= 0.3 is 0 Å². The van der Waals surface area contributed by atoms with Gasteiger partial charge in [0.1, 0.15) is 5.69 Å². The smallest absolute Gasteiger partial charge is 0.220 e. The zero-order valence-electron chi connectivity index (χ0n) is 7.42. The number of fused-ring (bicyclic) bond motifs is 1. The van der Waals surface area contributed by atoms with E-state index in [1.807, 2.05) is 0 Å². The predicted octanol–water partition coefficient (Wildman–Crippen LogP) is 0.678. The van der Waals surface area contributed by atoms with E-state index in [-0.39, 0.29) is 0 Å². The maximum absolute atomic E-state index is 12.6. The molecular formula is C8H5FN6. The fraction of sp³-hybridized carbons (Fsp3) is 0. The SMILES string of the molecule is Fc1ccc(-n2nc3nc[nH]c3n2)cn1. The van der Waals surface area contributed by atoms with E-state index in [0.29, 0.717) is 17.0 Å². The molecule has 0 aliphatic rings. The van der Waals surface area contributed by atoms with Gasteiger partial charge in [-0.2, -0.15) is 4.39 Å². The first-order valence-corrected chi connectivity index (χ1v) is 4.21. The number of nitrogens with zero attached hydrogens (tertiary/aromatic N) is 5. The van der Waals surface area contributed by atoms with Crippen molar-refractivity contribution in [3.63, 3.8) is 0 Å². The van der Waals surface area contributed by atoms with Crippen LogP contribution in [0.2, 0.25) is 0 Å². The molecule has 3 aromatic heterocycles. The van der Waals surface area contributed by atoms with Crippen LogP contribution in [0.15, 0.2) is 24.7 Å². The molecule has 0 aliphatic heterocycles. The normalized spacial score (nSPS) is 11.0. The summed E-state index contributed by atoms with van der Waals surface area (Å²) in [7, 11) is 0. The molecule has 0 saturated heterocycles. The van der Waals surface area contributed by atoms with Gasteiger partial charge < -0.3 is 4.98 Å². The zero-order chi connectivity index (χ0) is 10.3. The summed E-state index contributed by atoms with van der Waals surface area (Å²) >= 11 is 0. The lowest BCUT2D eigenvalue weighted by molar-refractivity contribution is 0.581. The second-order valence-corrected chi connectivity index (χ2v) is 2.90. The standard InChI is InChI=1S/C8H5FN6/c9-6-2-1-5(3-10-6)15-13-7-8(14-15)12-4-11-7/h1-4H,(H,11,12,13,14). The fourth-order valence-electron chi connectivity index (χ4n) is 1.24. The maximum atomic E-state index is 12.6. The van der Waals surface area contributed by atoms with Crippen molar-refractivity contribution < 1.29 is 4.39 Å². The number of hydrogen-bond acceptors (Lipinski definition) is 4. The Labute approximate surface area is 82.8 Å². The molecule has 0 spiro atoms. The summed E-state index contributed by atoms with van der Waals surface area (Å²) in [5.41, 5.74) is 1.68. The van der Waals surface area contributed by atoms with Crippen LogP contribution in [0.1, 0.15) is 0 Å². The lowest BCUT2D eigenvalue weighted by atomic mass is 10.4. The first kappa shape index (κ1) is 8.04. The zero-order valence-corrected chi connectivity index (χ0v) is 7.42. The molecule has 0 amide bonds. The third kappa shape index (κ3) is 1.25. The summed E-state index contributed by atoms with van der Waals surface area (Å²) in [6, 6.07) is 2.79. The highest BCUT2D eigenvalue weighted by molar-refractivity contribution is 5.63. The van der Waals surface area contributed by atoms with Crippen LogP contribution in [-0.4, -0.2) is 29.9 Å². The molecule has 0 atom stereocenters. The van der Waals surface area contributed by atoms with Gasteiger partial charge in [-0.05, 0) is 12.1 Å². The molecule has 6 nitrogen and oxygen atoms in total. The van der Waals surface area contributed by atoms with E-state index in [9.17, 15) is 4.39 Å². The largest absolute Gasteiger partial charge is 0.326 e. The highest BCUT2D eigenvalue weighted by Gasteiger charge is 2.06. The Bertz CT molecular complexity index is 566. The van der Waals surface area contributed by atoms with Crippen LogP contribution in [0.4, 0.5) is 4.39 Å². The molecule has 0 aliphatic carbocycles. The van der Waals surface area contributed by atoms with Crippen LogP contribution in [0, 0.1) is 5.95 Å². The third-order valence-electron chi connectivity index (χ3n) is 1.93. The molecule has 7 heteroatoms. The minimum Gasteiger partial charge on any atom is -0.326 e. The average molecular weight is 204 g/mol. The molecular weight excluding hydrogens is 199 g/mol. The Morgan fingerprint density at radius 2 is 2.13 bits per heavy atom. The van der Waals surface area contributed by atoms with E-state index in [1.54, 1.807) is 6.07 Å². The molecule has 0 aromatic carbocycles. The summed E-state index contributed by atoms with van der Waals surface area (Å²) in [5.74, 6) is -0.533. The lowest BCUT2D eigenvalue weighted by Crippen LogP contribution is -2.00. The number of pyridine rings is 1. The van der Waals surface area contributed by atoms with Crippen molar-refractivity contribution >= 4 is 11.3 Å². The van der Waals surface area contributed by atoms with Gasteiger partial charge in [0.15, 0.2) is 0 Å². The van der Waals surface area contributed by atoms with Crippen molar-refractivity contribution in [1.29, 1.82) is 0 Å². The van der Waals surface area contributed by atoms with Crippen molar-refractivity contribution in [3.05, 3.63) is 30.6 Å². The van der Waals surface area contributed by atoms with Crippen molar-refractivity contribution in [3.8, 4) is 5.69 Å². The van der Waals surface area contributed by atoms with E-state index >= 15 is 0 Å². The van der Waals surface area contributed by atoms with Gasteiger partial charge in [0.2, 0.25) is 17.2 Å². The molecule has 74 valence electrons. The molecule has 15 heavy (non-hydrogen) atoms. The minimum atomic E-state index is -0.533. The monoisotopic (exact) mass is 204 g/mol. The first-order valence-electron chi connectivity index (χ1n) is 4.21. The van der Waals surface area contributed by atoms with Gasteiger partial charge in [0.05, 0.1) is 12.5 Å². The number of nitrogens with one attached hydrogen (secondary N) is 1. The Morgan fingerprint density at radius 3 is 2.87 bits per heavy atom. The van der Waals surface area contributed by atoms with Gasteiger partial charge in [-0.15, -0.1) is 15.0 Å². The summed E-state index contributed by atoms with van der Waals surface area (Å²) in [5, 5.41) is 8.17. The molecule has 0 bridgehead atoms. The Kier molecular flexibility index (Phi) is 1.52. The molecule has 1 N–H and O–H groups in total. The van der Waals surface area contributed by atoms with Crippen molar-refractivity contribution in [1.82, 2.24) is 29.9 Å². The Hall–Kier alpha value is -2.31. The van der Waals surface area contributed by atoms with Crippen molar-refractivity contribution in [2.75, 3.05) is 0 Å². The molecule has 0 saturated carbocycles. The van der Waals surface area contributed by atoms with Crippen LogP contribution in [-0.2, 0) is 0 Å².